The van der Waals surface area contributed by atoms with E-state index in [2.05, 4.69) is 19.1 Å². The molecule has 0 aromatic heterocycles. The lowest BCUT2D eigenvalue weighted by Gasteiger charge is -2.28. The van der Waals surface area contributed by atoms with Gasteiger partial charge in [-0.15, -0.1) is 0 Å². The Morgan fingerprint density at radius 2 is 2.27 bits per heavy atom. The van der Waals surface area contributed by atoms with Crippen LogP contribution in [0.15, 0.2) is 12.2 Å². The second kappa shape index (κ2) is 2.66. The van der Waals surface area contributed by atoms with Crippen LogP contribution in [0.3, 0.4) is 0 Å². The molecule has 2 aliphatic carbocycles. The topological polar surface area (TPSA) is 0 Å². The Kier molecular flexibility index (Phi) is 1.78. The second-order valence-electron chi connectivity index (χ2n) is 4.50. The summed E-state index contributed by atoms with van der Waals surface area (Å²) in [4.78, 5) is 0. The average Bonchev–Trinajstić information content (AvgIpc) is 2.34. The van der Waals surface area contributed by atoms with Gasteiger partial charge in [0.2, 0.25) is 0 Å². The fraction of sp³-hybridized carbons (Fsp3) is 0.818. The Morgan fingerprint density at radius 3 is 2.82 bits per heavy atom. The van der Waals surface area contributed by atoms with Crippen LogP contribution < -0.4 is 0 Å². The highest BCUT2D eigenvalue weighted by molar-refractivity contribution is 5.06. The van der Waals surface area contributed by atoms with Crippen LogP contribution in [0.1, 0.15) is 45.4 Å². The van der Waals surface area contributed by atoms with Crippen molar-refractivity contribution in [1.82, 2.24) is 0 Å². The molecule has 0 heteroatoms. The van der Waals surface area contributed by atoms with Gasteiger partial charge in [0.15, 0.2) is 0 Å². The smallest absolute Gasteiger partial charge is 0.0115 e. The Balaban J connectivity index is 2.10. The van der Waals surface area contributed by atoms with E-state index in [0.29, 0.717) is 5.41 Å². The number of allylic oxidation sites excluding steroid dienone is 2. The first-order chi connectivity index (χ1) is 5.31. The zero-order chi connectivity index (χ0) is 7.73. The summed E-state index contributed by atoms with van der Waals surface area (Å²) in [5.74, 6) is 0.984. The highest BCUT2D eigenvalue weighted by atomic mass is 14.4. The zero-order valence-corrected chi connectivity index (χ0v) is 7.47. The third kappa shape index (κ3) is 1.36. The van der Waals surface area contributed by atoms with Gasteiger partial charge in [0.05, 0.1) is 0 Å². The molecule has 0 N–H and O–H groups in total. The highest BCUT2D eigenvalue weighted by Gasteiger charge is 2.35. The third-order valence-electron chi connectivity index (χ3n) is 3.41. The van der Waals surface area contributed by atoms with E-state index in [0.717, 1.165) is 5.92 Å². The van der Waals surface area contributed by atoms with Gasteiger partial charge in [0.25, 0.3) is 0 Å². The predicted octanol–water partition coefficient (Wildman–Crippen LogP) is 3.53. The molecule has 0 aromatic rings. The predicted molar refractivity (Wildman–Crippen MR) is 48.4 cm³/mol. The molecular formula is C11H18. The first kappa shape index (κ1) is 7.39. The van der Waals surface area contributed by atoms with Crippen molar-refractivity contribution in [3.63, 3.8) is 0 Å². The molecule has 0 aliphatic heterocycles. The molecule has 0 aromatic carbocycles. The van der Waals surface area contributed by atoms with E-state index in [-0.39, 0.29) is 0 Å². The van der Waals surface area contributed by atoms with Crippen LogP contribution in [0, 0.1) is 11.3 Å². The summed E-state index contributed by atoms with van der Waals surface area (Å²) in [6.07, 6.45) is 13.5. The maximum absolute atomic E-state index is 2.51. The van der Waals surface area contributed by atoms with Crippen LogP contribution in [-0.2, 0) is 0 Å². The van der Waals surface area contributed by atoms with E-state index in [1.807, 2.05) is 0 Å². The number of hydrogen-bond acceptors (Lipinski definition) is 0. The Hall–Kier alpha value is -0.260. The van der Waals surface area contributed by atoms with Gasteiger partial charge in [-0.25, -0.2) is 0 Å². The van der Waals surface area contributed by atoms with Crippen LogP contribution in [0.2, 0.25) is 0 Å². The van der Waals surface area contributed by atoms with Crippen LogP contribution in [-0.4, -0.2) is 0 Å². The molecule has 11 heavy (non-hydrogen) atoms. The molecule has 1 fully saturated rings. The van der Waals surface area contributed by atoms with Gasteiger partial charge >= 0.3 is 0 Å². The van der Waals surface area contributed by atoms with E-state index in [9.17, 15) is 0 Å². The molecule has 0 heterocycles. The van der Waals surface area contributed by atoms with Crippen LogP contribution in [0.25, 0.3) is 0 Å². The second-order valence-corrected chi connectivity index (χ2v) is 4.50. The summed E-state index contributed by atoms with van der Waals surface area (Å²) in [5.41, 5.74) is 0.664. The molecule has 2 aliphatic rings. The molecule has 0 nitrogen and oxygen atoms in total. The minimum absolute atomic E-state index is 0.664. The fourth-order valence-corrected chi connectivity index (χ4v) is 2.80. The van der Waals surface area contributed by atoms with Crippen LogP contribution in [0.4, 0.5) is 0 Å². The van der Waals surface area contributed by atoms with E-state index < -0.39 is 0 Å². The average molecular weight is 150 g/mol. The summed E-state index contributed by atoms with van der Waals surface area (Å²) < 4.78 is 0. The van der Waals surface area contributed by atoms with E-state index in [1.165, 1.54) is 38.5 Å². The molecule has 0 bridgehead atoms. The molecular weight excluding hydrogens is 132 g/mol. The molecule has 1 saturated carbocycles. The zero-order valence-electron chi connectivity index (χ0n) is 7.47. The van der Waals surface area contributed by atoms with Gasteiger partial charge in [-0.3, -0.25) is 0 Å². The van der Waals surface area contributed by atoms with Crippen molar-refractivity contribution in [2.45, 2.75) is 45.4 Å². The summed E-state index contributed by atoms with van der Waals surface area (Å²) in [6, 6.07) is 0. The van der Waals surface area contributed by atoms with Crippen LogP contribution >= 0.6 is 0 Å². The van der Waals surface area contributed by atoms with Crippen molar-refractivity contribution in [2.75, 3.05) is 0 Å². The minimum Gasteiger partial charge on any atom is -0.0880 e. The highest BCUT2D eigenvalue weighted by Crippen LogP contribution is 2.47. The largest absolute Gasteiger partial charge is 0.0880 e. The minimum atomic E-state index is 0.664. The van der Waals surface area contributed by atoms with E-state index in [1.54, 1.807) is 0 Å². The Morgan fingerprint density at radius 1 is 1.36 bits per heavy atom. The van der Waals surface area contributed by atoms with Crippen molar-refractivity contribution in [3.8, 4) is 0 Å². The van der Waals surface area contributed by atoms with Crippen LogP contribution in [0.5, 0.6) is 0 Å². The summed E-state index contributed by atoms with van der Waals surface area (Å²) in [6.45, 7) is 2.40. The summed E-state index contributed by atoms with van der Waals surface area (Å²) in [5, 5.41) is 0. The lowest BCUT2D eigenvalue weighted by Crippen LogP contribution is -2.15. The van der Waals surface area contributed by atoms with Crippen molar-refractivity contribution >= 4 is 0 Å². The lowest BCUT2D eigenvalue weighted by atomic mass is 9.77. The Labute approximate surface area is 69.7 Å². The van der Waals surface area contributed by atoms with Gasteiger partial charge in [-0.1, -0.05) is 19.1 Å². The van der Waals surface area contributed by atoms with Crippen molar-refractivity contribution < 1.29 is 0 Å². The summed E-state index contributed by atoms with van der Waals surface area (Å²) >= 11 is 0. The van der Waals surface area contributed by atoms with Crippen molar-refractivity contribution in [3.05, 3.63) is 12.2 Å². The van der Waals surface area contributed by atoms with Crippen molar-refractivity contribution in [2.24, 2.45) is 11.3 Å². The first-order valence-electron chi connectivity index (χ1n) is 4.98. The fourth-order valence-electron chi connectivity index (χ4n) is 2.80. The lowest BCUT2D eigenvalue weighted by molar-refractivity contribution is 0.328. The maximum atomic E-state index is 2.51. The first-order valence-corrected chi connectivity index (χ1v) is 4.98. The van der Waals surface area contributed by atoms with E-state index in [4.69, 9.17) is 0 Å². The van der Waals surface area contributed by atoms with E-state index >= 15 is 0 Å². The van der Waals surface area contributed by atoms with Gasteiger partial charge in [-0.2, -0.15) is 0 Å². The number of rotatable bonds is 0. The molecule has 1 spiro atoms. The maximum Gasteiger partial charge on any atom is -0.0115 e. The van der Waals surface area contributed by atoms with Gasteiger partial charge < -0.3 is 0 Å². The molecule has 2 unspecified atom stereocenters. The molecule has 2 rings (SSSR count). The molecule has 0 saturated heterocycles. The quantitative estimate of drug-likeness (QED) is 0.463. The standard InChI is InChI=1S/C11H18/c1-10-5-8-11(9-10)6-3-2-4-7-11/h3,6,10H,2,4-5,7-9H2,1H3. The van der Waals surface area contributed by atoms with Gasteiger partial charge in [0, 0.05) is 0 Å². The van der Waals surface area contributed by atoms with Gasteiger partial charge in [-0.05, 0) is 49.9 Å². The third-order valence-corrected chi connectivity index (χ3v) is 3.41. The Bertz CT molecular complexity index is 169. The summed E-state index contributed by atoms with van der Waals surface area (Å²) in [7, 11) is 0. The normalized spacial score (nSPS) is 43.5. The monoisotopic (exact) mass is 150 g/mol. The molecule has 0 radical (unpaired) electrons. The van der Waals surface area contributed by atoms with Gasteiger partial charge in [0.1, 0.15) is 0 Å². The SMILES string of the molecule is CC1CCC2(C=CCCC2)C1. The molecule has 62 valence electrons. The molecule has 2 atom stereocenters. The molecule has 0 amide bonds. The van der Waals surface area contributed by atoms with Crippen molar-refractivity contribution in [1.29, 1.82) is 0 Å². The number of hydrogen-bond donors (Lipinski definition) is 0.